The maximum atomic E-state index is 5.10. The number of aryl methyl sites for hydroxylation is 1. The predicted molar refractivity (Wildman–Crippen MR) is 78.2 cm³/mol. The van der Waals surface area contributed by atoms with Gasteiger partial charge in [-0.3, -0.25) is 0 Å². The average Bonchev–Trinajstić information content (AvgIpc) is 2.91. The van der Waals surface area contributed by atoms with Crippen molar-refractivity contribution < 1.29 is 4.74 Å². The summed E-state index contributed by atoms with van der Waals surface area (Å²) in [6.45, 7) is 4.81. The fourth-order valence-corrected chi connectivity index (χ4v) is 1.77. The van der Waals surface area contributed by atoms with Crippen LogP contribution >= 0.6 is 0 Å². The van der Waals surface area contributed by atoms with Gasteiger partial charge in [0.05, 0.1) is 13.2 Å². The summed E-state index contributed by atoms with van der Waals surface area (Å²) in [6, 6.07) is 0.167. The topological polar surface area (TPSA) is 103 Å². The molecule has 2 aromatic rings. The molecule has 0 saturated heterocycles. The largest absolute Gasteiger partial charge is 0.467 e. The Bertz CT molecular complexity index is 584. The van der Waals surface area contributed by atoms with Gasteiger partial charge in [0.25, 0.3) is 0 Å². The van der Waals surface area contributed by atoms with Gasteiger partial charge in [0.1, 0.15) is 6.33 Å². The molecule has 0 spiro atoms. The maximum absolute atomic E-state index is 5.10. The Kier molecular flexibility index (Phi) is 4.85. The van der Waals surface area contributed by atoms with Gasteiger partial charge in [-0.1, -0.05) is 6.92 Å². The highest BCUT2D eigenvalue weighted by molar-refractivity contribution is 5.37. The zero-order valence-corrected chi connectivity index (χ0v) is 12.7. The smallest absolute Gasteiger partial charge is 0.322 e. The van der Waals surface area contributed by atoms with Crippen molar-refractivity contribution in [3.8, 4) is 6.01 Å². The highest BCUT2D eigenvalue weighted by Gasteiger charge is 2.14. The van der Waals surface area contributed by atoms with Gasteiger partial charge >= 0.3 is 6.01 Å². The standard InChI is InChI=1S/C12H20N8O/c1-5-6-13-10-16-11(18-12(17-10)21-4)15-8(2)9-19-14-7-20(9)3/h7-8H,5-6H2,1-4H3,(H2,13,15,16,17,18). The molecule has 0 bridgehead atoms. The number of nitrogens with one attached hydrogen (secondary N) is 2. The van der Waals surface area contributed by atoms with Crippen LogP contribution in [0.5, 0.6) is 6.01 Å². The van der Waals surface area contributed by atoms with Crippen LogP contribution in [-0.4, -0.2) is 43.4 Å². The van der Waals surface area contributed by atoms with E-state index in [9.17, 15) is 0 Å². The minimum absolute atomic E-state index is 0.0939. The third kappa shape index (κ3) is 3.77. The quantitative estimate of drug-likeness (QED) is 0.779. The summed E-state index contributed by atoms with van der Waals surface area (Å²) in [6.07, 6.45) is 2.63. The number of methoxy groups -OCH3 is 1. The van der Waals surface area contributed by atoms with Crippen molar-refractivity contribution in [1.82, 2.24) is 29.7 Å². The molecule has 9 nitrogen and oxygen atoms in total. The lowest BCUT2D eigenvalue weighted by molar-refractivity contribution is 0.379. The fourth-order valence-electron chi connectivity index (χ4n) is 1.77. The van der Waals surface area contributed by atoms with Crippen LogP contribution in [0.25, 0.3) is 0 Å². The molecule has 2 aromatic heterocycles. The molecule has 1 atom stereocenters. The molecule has 114 valence electrons. The van der Waals surface area contributed by atoms with Crippen LogP contribution in [-0.2, 0) is 7.05 Å². The van der Waals surface area contributed by atoms with Gasteiger partial charge in [0.15, 0.2) is 5.82 Å². The number of hydrogen-bond donors (Lipinski definition) is 2. The lowest BCUT2D eigenvalue weighted by Crippen LogP contribution is -2.15. The molecule has 21 heavy (non-hydrogen) atoms. The van der Waals surface area contributed by atoms with E-state index in [0.717, 1.165) is 18.8 Å². The molecule has 0 aliphatic heterocycles. The van der Waals surface area contributed by atoms with E-state index in [-0.39, 0.29) is 12.1 Å². The summed E-state index contributed by atoms with van der Waals surface area (Å²) >= 11 is 0. The second-order valence-corrected chi connectivity index (χ2v) is 4.56. The van der Waals surface area contributed by atoms with Gasteiger partial charge in [-0.05, 0) is 13.3 Å². The summed E-state index contributed by atoms with van der Waals surface area (Å²) in [4.78, 5) is 12.7. The molecule has 1 unspecified atom stereocenters. The van der Waals surface area contributed by atoms with E-state index in [1.165, 1.54) is 7.11 Å². The van der Waals surface area contributed by atoms with Crippen molar-refractivity contribution in [3.05, 3.63) is 12.2 Å². The van der Waals surface area contributed by atoms with E-state index in [4.69, 9.17) is 4.74 Å². The van der Waals surface area contributed by atoms with Crippen LogP contribution in [0.15, 0.2) is 6.33 Å². The van der Waals surface area contributed by atoms with Crippen molar-refractivity contribution in [1.29, 1.82) is 0 Å². The second-order valence-electron chi connectivity index (χ2n) is 4.56. The molecular weight excluding hydrogens is 272 g/mol. The van der Waals surface area contributed by atoms with Crippen molar-refractivity contribution in [2.75, 3.05) is 24.3 Å². The third-order valence-corrected chi connectivity index (χ3v) is 2.81. The molecule has 0 aliphatic rings. The monoisotopic (exact) mass is 292 g/mol. The number of ether oxygens (including phenoxy) is 1. The van der Waals surface area contributed by atoms with Crippen molar-refractivity contribution in [2.24, 2.45) is 7.05 Å². The highest BCUT2D eigenvalue weighted by atomic mass is 16.5. The van der Waals surface area contributed by atoms with Gasteiger partial charge in [0.2, 0.25) is 11.9 Å². The zero-order chi connectivity index (χ0) is 15.2. The molecule has 2 rings (SSSR count). The maximum Gasteiger partial charge on any atom is 0.322 e. The van der Waals surface area contributed by atoms with E-state index in [1.807, 2.05) is 18.5 Å². The Balaban J connectivity index is 2.16. The van der Waals surface area contributed by atoms with Crippen molar-refractivity contribution in [2.45, 2.75) is 26.3 Å². The van der Waals surface area contributed by atoms with Crippen molar-refractivity contribution in [3.63, 3.8) is 0 Å². The molecular formula is C12H20N8O. The van der Waals surface area contributed by atoms with E-state index in [1.54, 1.807) is 6.33 Å². The minimum Gasteiger partial charge on any atom is -0.467 e. The van der Waals surface area contributed by atoms with E-state index in [0.29, 0.717) is 11.9 Å². The lowest BCUT2D eigenvalue weighted by atomic mass is 10.3. The first-order valence-corrected chi connectivity index (χ1v) is 6.78. The first kappa shape index (κ1) is 14.9. The normalized spacial score (nSPS) is 12.0. The summed E-state index contributed by atoms with van der Waals surface area (Å²) in [7, 11) is 3.41. The van der Waals surface area contributed by atoms with Gasteiger partial charge in [-0.2, -0.15) is 15.0 Å². The molecule has 0 fully saturated rings. The van der Waals surface area contributed by atoms with E-state index >= 15 is 0 Å². The SMILES string of the molecule is CCCNc1nc(NC(C)c2nncn2C)nc(OC)n1. The summed E-state index contributed by atoms with van der Waals surface area (Å²) < 4.78 is 6.94. The van der Waals surface area contributed by atoms with Crippen LogP contribution < -0.4 is 15.4 Å². The highest BCUT2D eigenvalue weighted by Crippen LogP contribution is 2.16. The van der Waals surface area contributed by atoms with Gasteiger partial charge in [-0.25, -0.2) is 0 Å². The lowest BCUT2D eigenvalue weighted by Gasteiger charge is -2.14. The Morgan fingerprint density at radius 1 is 1.29 bits per heavy atom. The van der Waals surface area contributed by atoms with Gasteiger partial charge in [0, 0.05) is 13.6 Å². The summed E-state index contributed by atoms with van der Waals surface area (Å²) in [5.74, 6) is 1.70. The molecule has 0 aromatic carbocycles. The Hall–Kier alpha value is -2.45. The zero-order valence-electron chi connectivity index (χ0n) is 12.7. The first-order valence-electron chi connectivity index (χ1n) is 6.78. The van der Waals surface area contributed by atoms with Gasteiger partial charge in [-0.15, -0.1) is 10.2 Å². The molecule has 0 amide bonds. The van der Waals surface area contributed by atoms with E-state index < -0.39 is 0 Å². The number of aromatic nitrogens is 6. The number of hydrogen-bond acceptors (Lipinski definition) is 8. The van der Waals surface area contributed by atoms with Crippen LogP contribution in [0.1, 0.15) is 32.1 Å². The second kappa shape index (κ2) is 6.82. The fraction of sp³-hybridized carbons (Fsp3) is 0.583. The van der Waals surface area contributed by atoms with Crippen molar-refractivity contribution >= 4 is 11.9 Å². The molecule has 2 heterocycles. The Morgan fingerprint density at radius 2 is 2.05 bits per heavy atom. The predicted octanol–water partition coefficient (Wildman–Crippen LogP) is 1.00. The van der Waals surface area contributed by atoms with Crippen LogP contribution in [0, 0.1) is 0 Å². The Morgan fingerprint density at radius 3 is 2.67 bits per heavy atom. The summed E-state index contributed by atoms with van der Waals surface area (Å²) in [5.41, 5.74) is 0. The first-order chi connectivity index (χ1) is 10.1. The molecule has 0 saturated carbocycles. The number of nitrogens with zero attached hydrogens (tertiary/aromatic N) is 6. The Labute approximate surface area is 123 Å². The van der Waals surface area contributed by atoms with Crippen LogP contribution in [0.4, 0.5) is 11.9 Å². The van der Waals surface area contributed by atoms with E-state index in [2.05, 4.69) is 42.7 Å². The van der Waals surface area contributed by atoms with Crippen LogP contribution in [0.3, 0.4) is 0 Å². The molecule has 2 N–H and O–H groups in total. The number of anilines is 2. The third-order valence-electron chi connectivity index (χ3n) is 2.81. The molecule has 0 radical (unpaired) electrons. The van der Waals surface area contributed by atoms with Crippen LogP contribution in [0.2, 0.25) is 0 Å². The number of rotatable bonds is 7. The minimum atomic E-state index is -0.0939. The molecule has 0 aliphatic carbocycles. The molecule has 9 heteroatoms. The average molecular weight is 292 g/mol. The van der Waals surface area contributed by atoms with Gasteiger partial charge < -0.3 is 19.9 Å². The summed E-state index contributed by atoms with van der Waals surface area (Å²) in [5, 5.41) is 14.2.